The predicted octanol–water partition coefficient (Wildman–Crippen LogP) is -2.25. The molecular formula is C9H13N3O6. The molecule has 100 valence electrons. The number of aliphatic carboxylic acids is 1. The van der Waals surface area contributed by atoms with Crippen molar-refractivity contribution in [3.05, 3.63) is 0 Å². The van der Waals surface area contributed by atoms with E-state index in [0.717, 1.165) is 4.90 Å². The molecular weight excluding hydrogens is 246 g/mol. The number of carbonyl (C=O) groups excluding carboxylic acids is 3. The zero-order chi connectivity index (χ0) is 13.7. The normalized spacial score (nSPS) is 17.1. The highest BCUT2D eigenvalue weighted by Gasteiger charge is 2.29. The van der Waals surface area contributed by atoms with Gasteiger partial charge in [-0.15, -0.1) is 0 Å². The molecule has 0 aliphatic carbocycles. The van der Waals surface area contributed by atoms with Crippen LogP contribution in [0.25, 0.3) is 0 Å². The quantitative estimate of drug-likeness (QED) is 0.490. The lowest BCUT2D eigenvalue weighted by Crippen LogP contribution is -2.58. The van der Waals surface area contributed by atoms with Crippen molar-refractivity contribution in [2.24, 2.45) is 0 Å². The van der Waals surface area contributed by atoms with Gasteiger partial charge in [0.1, 0.15) is 13.1 Å². The summed E-state index contributed by atoms with van der Waals surface area (Å²) in [7, 11) is 1.29. The van der Waals surface area contributed by atoms with E-state index < -0.39 is 29.9 Å². The van der Waals surface area contributed by atoms with Crippen LogP contribution in [-0.4, -0.2) is 66.7 Å². The topological polar surface area (TPSA) is 125 Å². The number of hydrogen-bond donors (Lipinski definition) is 3. The number of nitrogens with zero attached hydrogens (tertiary/aromatic N) is 1. The maximum absolute atomic E-state index is 11.6. The van der Waals surface area contributed by atoms with E-state index in [2.05, 4.69) is 10.1 Å². The van der Waals surface area contributed by atoms with Crippen LogP contribution in [0, 0.1) is 0 Å². The summed E-state index contributed by atoms with van der Waals surface area (Å²) in [5, 5.41) is 13.0. The van der Waals surface area contributed by atoms with E-state index in [1.165, 1.54) is 7.11 Å². The highest BCUT2D eigenvalue weighted by atomic mass is 16.5. The number of carboxylic acids is 1. The minimum absolute atomic E-state index is 0.213. The van der Waals surface area contributed by atoms with Crippen molar-refractivity contribution in [2.45, 2.75) is 6.04 Å². The summed E-state index contributed by atoms with van der Waals surface area (Å²) in [4.78, 5) is 45.4. The molecule has 1 fully saturated rings. The average Bonchev–Trinajstić information content (AvgIpc) is 2.26. The second-order valence-corrected chi connectivity index (χ2v) is 3.62. The number of imide groups is 1. The summed E-state index contributed by atoms with van der Waals surface area (Å²) in [6.07, 6.45) is 0. The van der Waals surface area contributed by atoms with Crippen LogP contribution in [0.4, 0.5) is 4.79 Å². The van der Waals surface area contributed by atoms with Crippen molar-refractivity contribution < 1.29 is 29.0 Å². The molecule has 0 aromatic rings. The monoisotopic (exact) mass is 259 g/mol. The number of hydrogen-bond acceptors (Lipinski definition) is 5. The number of nitrogens with one attached hydrogen (secondary N) is 2. The zero-order valence-electron chi connectivity index (χ0n) is 9.63. The summed E-state index contributed by atoms with van der Waals surface area (Å²) >= 11 is 0. The Bertz CT molecular complexity index is 366. The standard InChI is InChI=1S/C9H13N3O6/c1-18-4-5(8(15)16)10-9(17)12-2-6(13)11-7(14)3-12/h5H,2-4H2,1H3,(H,10,17)(H,15,16)(H,11,13,14). The fourth-order valence-electron chi connectivity index (χ4n) is 1.36. The second-order valence-electron chi connectivity index (χ2n) is 3.62. The molecule has 1 heterocycles. The maximum atomic E-state index is 11.6. The van der Waals surface area contributed by atoms with Crippen LogP contribution in [-0.2, 0) is 19.1 Å². The molecule has 4 amide bonds. The summed E-state index contributed by atoms with van der Waals surface area (Å²) in [6.45, 7) is -0.803. The van der Waals surface area contributed by atoms with Gasteiger partial charge in [-0.25, -0.2) is 9.59 Å². The van der Waals surface area contributed by atoms with Crippen molar-refractivity contribution >= 4 is 23.8 Å². The van der Waals surface area contributed by atoms with Gasteiger partial charge < -0.3 is 20.1 Å². The number of rotatable bonds is 4. The van der Waals surface area contributed by atoms with Crippen LogP contribution in [0.15, 0.2) is 0 Å². The molecule has 1 atom stereocenters. The minimum atomic E-state index is -1.27. The summed E-state index contributed by atoms with van der Waals surface area (Å²) < 4.78 is 4.64. The first-order valence-electron chi connectivity index (χ1n) is 5.04. The number of urea groups is 1. The molecule has 9 heteroatoms. The van der Waals surface area contributed by atoms with Crippen LogP contribution in [0.2, 0.25) is 0 Å². The molecule has 18 heavy (non-hydrogen) atoms. The summed E-state index contributed by atoms with van der Waals surface area (Å²) in [6, 6.07) is -2.04. The second kappa shape index (κ2) is 5.96. The number of piperazine rings is 1. The van der Waals surface area contributed by atoms with Crippen molar-refractivity contribution in [3.8, 4) is 0 Å². The number of amides is 4. The van der Waals surface area contributed by atoms with Gasteiger partial charge in [-0.1, -0.05) is 0 Å². The van der Waals surface area contributed by atoms with Gasteiger partial charge in [-0.05, 0) is 0 Å². The van der Waals surface area contributed by atoms with Crippen LogP contribution in [0.5, 0.6) is 0 Å². The Labute approximate surface area is 102 Å². The van der Waals surface area contributed by atoms with Gasteiger partial charge in [-0.2, -0.15) is 0 Å². The fraction of sp³-hybridized carbons (Fsp3) is 0.556. The lowest BCUT2D eigenvalue weighted by atomic mass is 10.3. The van der Waals surface area contributed by atoms with E-state index in [1.807, 2.05) is 5.32 Å². The number of ether oxygens (including phenoxy) is 1. The molecule has 9 nitrogen and oxygen atoms in total. The average molecular weight is 259 g/mol. The van der Waals surface area contributed by atoms with Crippen LogP contribution in [0.1, 0.15) is 0 Å². The molecule has 1 aliphatic rings. The highest BCUT2D eigenvalue weighted by Crippen LogP contribution is 1.97. The maximum Gasteiger partial charge on any atom is 0.328 e. The first-order chi connectivity index (χ1) is 8.43. The van der Waals surface area contributed by atoms with Gasteiger partial charge >= 0.3 is 12.0 Å². The van der Waals surface area contributed by atoms with E-state index in [0.29, 0.717) is 0 Å². The van der Waals surface area contributed by atoms with Gasteiger partial charge in [0.2, 0.25) is 11.8 Å². The first kappa shape index (κ1) is 13.9. The largest absolute Gasteiger partial charge is 0.480 e. The van der Waals surface area contributed by atoms with Crippen LogP contribution >= 0.6 is 0 Å². The molecule has 0 saturated carbocycles. The van der Waals surface area contributed by atoms with Crippen molar-refractivity contribution in [1.29, 1.82) is 0 Å². The van der Waals surface area contributed by atoms with E-state index in [9.17, 15) is 19.2 Å². The van der Waals surface area contributed by atoms with Crippen molar-refractivity contribution in [3.63, 3.8) is 0 Å². The lowest BCUT2D eigenvalue weighted by molar-refractivity contribution is -0.140. The minimum Gasteiger partial charge on any atom is -0.480 e. The molecule has 0 spiro atoms. The third kappa shape index (κ3) is 3.70. The van der Waals surface area contributed by atoms with Gasteiger partial charge in [-0.3, -0.25) is 14.9 Å². The molecule has 3 N–H and O–H groups in total. The zero-order valence-corrected chi connectivity index (χ0v) is 9.63. The Morgan fingerprint density at radius 2 is 2.00 bits per heavy atom. The van der Waals surface area contributed by atoms with Gasteiger partial charge in [0, 0.05) is 7.11 Å². The summed E-state index contributed by atoms with van der Waals surface area (Å²) in [5.74, 6) is -2.49. The number of carbonyl (C=O) groups is 4. The number of methoxy groups -OCH3 is 1. The van der Waals surface area contributed by atoms with Gasteiger partial charge in [0.15, 0.2) is 6.04 Å². The summed E-state index contributed by atoms with van der Waals surface area (Å²) in [5.41, 5.74) is 0. The Morgan fingerprint density at radius 3 is 2.44 bits per heavy atom. The fourth-order valence-corrected chi connectivity index (χ4v) is 1.36. The van der Waals surface area contributed by atoms with E-state index in [-0.39, 0.29) is 19.7 Å². The van der Waals surface area contributed by atoms with E-state index in [1.54, 1.807) is 0 Å². The van der Waals surface area contributed by atoms with E-state index in [4.69, 9.17) is 5.11 Å². The highest BCUT2D eigenvalue weighted by molar-refractivity contribution is 6.02. The van der Waals surface area contributed by atoms with Crippen LogP contribution in [0.3, 0.4) is 0 Å². The Kier molecular flexibility index (Phi) is 4.60. The predicted molar refractivity (Wildman–Crippen MR) is 56.6 cm³/mol. The van der Waals surface area contributed by atoms with Crippen molar-refractivity contribution in [1.82, 2.24) is 15.5 Å². The molecule has 0 aromatic heterocycles. The SMILES string of the molecule is COCC(NC(=O)N1CC(=O)NC(=O)C1)C(=O)O. The molecule has 0 bridgehead atoms. The van der Waals surface area contributed by atoms with Gasteiger partial charge in [0.25, 0.3) is 0 Å². The van der Waals surface area contributed by atoms with E-state index >= 15 is 0 Å². The molecule has 1 saturated heterocycles. The smallest absolute Gasteiger partial charge is 0.328 e. The molecule has 1 unspecified atom stereocenters. The third-order valence-electron chi connectivity index (χ3n) is 2.16. The molecule has 0 radical (unpaired) electrons. The Balaban J connectivity index is 2.60. The Hall–Kier alpha value is -2.16. The first-order valence-corrected chi connectivity index (χ1v) is 5.04. The molecule has 1 rings (SSSR count). The van der Waals surface area contributed by atoms with Crippen molar-refractivity contribution in [2.75, 3.05) is 26.8 Å². The number of carboxylic acid groups (broad SMARTS) is 1. The van der Waals surface area contributed by atoms with Gasteiger partial charge in [0.05, 0.1) is 6.61 Å². The third-order valence-corrected chi connectivity index (χ3v) is 2.16. The molecule has 0 aromatic carbocycles. The van der Waals surface area contributed by atoms with Crippen LogP contribution < -0.4 is 10.6 Å². The Morgan fingerprint density at radius 1 is 1.44 bits per heavy atom. The lowest BCUT2D eigenvalue weighted by Gasteiger charge is -2.26. The molecule has 1 aliphatic heterocycles.